The molecule has 1 saturated heterocycles. The van der Waals surface area contributed by atoms with E-state index in [0.29, 0.717) is 23.4 Å². The lowest BCUT2D eigenvalue weighted by Crippen LogP contribution is -2.34. The van der Waals surface area contributed by atoms with E-state index in [4.69, 9.17) is 0 Å². The van der Waals surface area contributed by atoms with Gasteiger partial charge in [0.25, 0.3) is 0 Å². The molecule has 0 radical (unpaired) electrons. The van der Waals surface area contributed by atoms with Gasteiger partial charge >= 0.3 is 5.97 Å². The Morgan fingerprint density at radius 3 is 2.48 bits per heavy atom. The molecule has 1 aliphatic rings. The average Bonchev–Trinajstić information content (AvgIpc) is 3.26. The molecular weight excluding hydrogens is 390 g/mol. The minimum absolute atomic E-state index is 0.0820. The summed E-state index contributed by atoms with van der Waals surface area (Å²) in [5.41, 5.74) is 1.49. The van der Waals surface area contributed by atoms with Crippen LogP contribution >= 0.6 is 0 Å². The third-order valence-electron chi connectivity index (χ3n) is 5.01. The Bertz CT molecular complexity index is 895. The molecule has 8 heteroatoms. The van der Waals surface area contributed by atoms with E-state index in [1.807, 2.05) is 18.2 Å². The Hall–Kier alpha value is -2.45. The van der Waals surface area contributed by atoms with Crippen LogP contribution in [0.5, 0.6) is 0 Å². The zero-order chi connectivity index (χ0) is 20.7. The lowest BCUT2D eigenvalue weighted by atomic mass is 10.2. The Morgan fingerprint density at radius 2 is 1.86 bits per heavy atom. The van der Waals surface area contributed by atoms with Gasteiger partial charge in [0.15, 0.2) is 0 Å². The fourth-order valence-corrected chi connectivity index (χ4v) is 4.92. The molecule has 29 heavy (non-hydrogen) atoms. The Morgan fingerprint density at radius 1 is 1.14 bits per heavy atom. The molecule has 156 valence electrons. The number of likely N-dealkylation sites (tertiary alicyclic amines) is 1. The second-order valence-electron chi connectivity index (χ2n) is 7.09. The van der Waals surface area contributed by atoms with E-state index in [1.165, 1.54) is 30.5 Å². The number of nitrogens with zero attached hydrogens (tertiary/aromatic N) is 3. The first-order valence-corrected chi connectivity index (χ1v) is 11.4. The van der Waals surface area contributed by atoms with Crippen molar-refractivity contribution in [3.63, 3.8) is 0 Å². The zero-order valence-electron chi connectivity index (χ0n) is 16.7. The maximum Gasteiger partial charge on any atom is 0.339 e. The van der Waals surface area contributed by atoms with Gasteiger partial charge in [0.2, 0.25) is 10.0 Å². The van der Waals surface area contributed by atoms with Crippen molar-refractivity contribution < 1.29 is 17.9 Å². The van der Waals surface area contributed by atoms with E-state index in [0.717, 1.165) is 19.6 Å². The molecule has 0 atom stereocenters. The zero-order valence-corrected chi connectivity index (χ0v) is 17.5. The first-order chi connectivity index (χ1) is 14.0. The molecule has 7 nitrogen and oxygen atoms in total. The minimum Gasteiger partial charge on any atom is -0.465 e. The fraction of sp³-hybridized carbons (Fsp3) is 0.429. The van der Waals surface area contributed by atoms with Gasteiger partial charge < -0.3 is 9.64 Å². The number of sulfonamides is 1. The summed E-state index contributed by atoms with van der Waals surface area (Å²) in [7, 11) is -2.21. The van der Waals surface area contributed by atoms with Gasteiger partial charge in [-0.25, -0.2) is 13.2 Å². The summed E-state index contributed by atoms with van der Waals surface area (Å²) in [6.07, 6.45) is 4.39. The molecule has 1 aromatic carbocycles. The molecular formula is C21H27N3O4S. The van der Waals surface area contributed by atoms with Crippen LogP contribution in [-0.2, 0) is 21.3 Å². The molecule has 0 unspecified atom stereocenters. The highest BCUT2D eigenvalue weighted by molar-refractivity contribution is 7.92. The number of carbonyl (C=O) groups excluding carboxylic acids is 1. The number of carbonyl (C=O) groups is 1. The van der Waals surface area contributed by atoms with Crippen molar-refractivity contribution in [2.45, 2.75) is 25.8 Å². The third-order valence-corrected chi connectivity index (χ3v) is 6.82. The quantitative estimate of drug-likeness (QED) is 0.584. The first-order valence-electron chi connectivity index (χ1n) is 9.80. The van der Waals surface area contributed by atoms with Crippen LogP contribution in [0.2, 0.25) is 0 Å². The number of para-hydroxylation sites is 1. The van der Waals surface area contributed by atoms with Crippen LogP contribution in [0.15, 0.2) is 48.7 Å². The summed E-state index contributed by atoms with van der Waals surface area (Å²) in [5, 5.41) is 0. The number of hydrogen-bond donors (Lipinski definition) is 0. The standard InChI is InChI=1S/C21H27N3O4S/c1-28-21(25)18-10-11-19(22-16-18)17-24(20-8-3-2-4-9-20)29(26,27)15-7-14-23-12-5-6-13-23/h2-4,8-11,16H,5-7,12-15,17H2,1H3. The summed E-state index contributed by atoms with van der Waals surface area (Å²) in [5.74, 6) is -0.392. The SMILES string of the molecule is COC(=O)c1ccc(CN(c2ccccc2)S(=O)(=O)CCCN2CCCC2)nc1. The number of methoxy groups -OCH3 is 1. The molecule has 0 saturated carbocycles. The largest absolute Gasteiger partial charge is 0.465 e. The number of aromatic nitrogens is 1. The van der Waals surface area contributed by atoms with E-state index in [-0.39, 0.29) is 12.3 Å². The fourth-order valence-electron chi connectivity index (χ4n) is 3.44. The Labute approximate surface area is 172 Å². The van der Waals surface area contributed by atoms with Crippen LogP contribution in [0.1, 0.15) is 35.3 Å². The number of rotatable bonds is 9. The van der Waals surface area contributed by atoms with Crippen LogP contribution in [-0.4, -0.2) is 56.8 Å². The maximum atomic E-state index is 13.1. The number of pyridine rings is 1. The van der Waals surface area contributed by atoms with Crippen LogP contribution in [0.4, 0.5) is 5.69 Å². The molecule has 1 aromatic heterocycles. The van der Waals surface area contributed by atoms with Gasteiger partial charge in [-0.1, -0.05) is 18.2 Å². The van der Waals surface area contributed by atoms with Crippen molar-refractivity contribution in [3.05, 3.63) is 59.9 Å². The molecule has 0 bridgehead atoms. The van der Waals surface area contributed by atoms with Gasteiger partial charge in [-0.3, -0.25) is 9.29 Å². The molecule has 2 aromatic rings. The highest BCUT2D eigenvalue weighted by Gasteiger charge is 2.24. The molecule has 0 aliphatic carbocycles. The van der Waals surface area contributed by atoms with Crippen LogP contribution in [0, 0.1) is 0 Å². The highest BCUT2D eigenvalue weighted by atomic mass is 32.2. The van der Waals surface area contributed by atoms with Gasteiger partial charge in [-0.2, -0.15) is 0 Å². The highest BCUT2D eigenvalue weighted by Crippen LogP contribution is 2.21. The van der Waals surface area contributed by atoms with Crippen molar-refractivity contribution in [2.24, 2.45) is 0 Å². The van der Waals surface area contributed by atoms with Gasteiger partial charge in [0, 0.05) is 6.20 Å². The number of esters is 1. The third kappa shape index (κ3) is 5.77. The van der Waals surface area contributed by atoms with E-state index >= 15 is 0 Å². The molecule has 0 N–H and O–H groups in total. The monoisotopic (exact) mass is 417 g/mol. The predicted molar refractivity (Wildman–Crippen MR) is 112 cm³/mol. The Kier molecular flexibility index (Phi) is 7.22. The summed E-state index contributed by atoms with van der Waals surface area (Å²) >= 11 is 0. The van der Waals surface area contributed by atoms with Crippen LogP contribution < -0.4 is 4.31 Å². The molecule has 3 rings (SSSR count). The van der Waals surface area contributed by atoms with Gasteiger partial charge in [0.1, 0.15) is 0 Å². The minimum atomic E-state index is -3.52. The van der Waals surface area contributed by atoms with E-state index in [2.05, 4.69) is 14.6 Å². The molecule has 0 amide bonds. The number of ether oxygens (including phenoxy) is 1. The van der Waals surface area contributed by atoms with Crippen LogP contribution in [0.25, 0.3) is 0 Å². The van der Waals surface area contributed by atoms with Crippen molar-refractivity contribution in [2.75, 3.05) is 36.8 Å². The summed E-state index contributed by atoms with van der Waals surface area (Å²) < 4.78 is 32.4. The van der Waals surface area contributed by atoms with E-state index < -0.39 is 16.0 Å². The second kappa shape index (κ2) is 9.84. The number of benzene rings is 1. The lowest BCUT2D eigenvalue weighted by Gasteiger charge is -2.25. The molecule has 2 heterocycles. The van der Waals surface area contributed by atoms with E-state index in [9.17, 15) is 13.2 Å². The number of anilines is 1. The van der Waals surface area contributed by atoms with Gasteiger partial charge in [-0.05, 0) is 63.2 Å². The normalized spacial score (nSPS) is 14.7. The van der Waals surface area contributed by atoms with Crippen molar-refractivity contribution in [3.8, 4) is 0 Å². The molecule has 0 spiro atoms. The molecule has 1 aliphatic heterocycles. The van der Waals surface area contributed by atoms with Crippen molar-refractivity contribution in [1.82, 2.24) is 9.88 Å². The van der Waals surface area contributed by atoms with Gasteiger partial charge in [-0.15, -0.1) is 0 Å². The topological polar surface area (TPSA) is 79.8 Å². The predicted octanol–water partition coefficient (Wildman–Crippen LogP) is 2.69. The van der Waals surface area contributed by atoms with E-state index in [1.54, 1.807) is 24.3 Å². The average molecular weight is 418 g/mol. The van der Waals surface area contributed by atoms with Crippen LogP contribution in [0.3, 0.4) is 0 Å². The molecule has 1 fully saturated rings. The second-order valence-corrected chi connectivity index (χ2v) is 9.10. The van der Waals surface area contributed by atoms with Crippen molar-refractivity contribution in [1.29, 1.82) is 0 Å². The Balaban J connectivity index is 1.74. The summed E-state index contributed by atoms with van der Waals surface area (Å²) in [6.45, 7) is 3.02. The van der Waals surface area contributed by atoms with Crippen molar-refractivity contribution >= 4 is 21.7 Å². The smallest absolute Gasteiger partial charge is 0.339 e. The summed E-state index contributed by atoms with van der Waals surface area (Å²) in [4.78, 5) is 18.2. The first kappa shape index (κ1) is 21.3. The lowest BCUT2D eigenvalue weighted by molar-refractivity contribution is 0.0600. The number of hydrogen-bond acceptors (Lipinski definition) is 6. The summed E-state index contributed by atoms with van der Waals surface area (Å²) in [6, 6.07) is 12.3. The van der Waals surface area contributed by atoms with Gasteiger partial charge in [0.05, 0.1) is 36.4 Å². The maximum absolute atomic E-state index is 13.1.